The molecule has 136 valence electrons. The number of nitrogens with zero attached hydrogens (tertiary/aromatic N) is 3. The smallest absolute Gasteiger partial charge is 0.248 e. The second kappa shape index (κ2) is 5.75. The third kappa shape index (κ3) is 2.56. The zero-order valence-corrected chi connectivity index (χ0v) is 15.7. The normalized spacial score (nSPS) is 14.1. The number of aromatic amines is 1. The van der Waals surface area contributed by atoms with Crippen LogP contribution in [0.5, 0.6) is 5.75 Å². The Balaban J connectivity index is 1.73. The Morgan fingerprint density at radius 1 is 1.30 bits per heavy atom. The van der Waals surface area contributed by atoms with Crippen LogP contribution in [0.2, 0.25) is 0 Å². The quantitative estimate of drug-likeness (QED) is 0.564. The number of nitrogens with one attached hydrogen (secondary N) is 1. The number of hydrogen-bond acceptors (Lipinski definition) is 6. The second-order valence-electron chi connectivity index (χ2n) is 6.77. The van der Waals surface area contributed by atoms with Crippen molar-refractivity contribution in [3.63, 3.8) is 0 Å². The average Bonchev–Trinajstić information content (AvgIpc) is 3.33. The monoisotopic (exact) mass is 379 g/mol. The predicted octanol–water partition coefficient (Wildman–Crippen LogP) is 3.53. The van der Waals surface area contributed by atoms with E-state index >= 15 is 0 Å². The minimum absolute atomic E-state index is 0.387. The Morgan fingerprint density at radius 3 is 2.81 bits per heavy atom. The summed E-state index contributed by atoms with van der Waals surface area (Å²) < 4.78 is 5.43. The van der Waals surface area contributed by atoms with Crippen LogP contribution in [0.3, 0.4) is 0 Å². The van der Waals surface area contributed by atoms with E-state index in [1.54, 1.807) is 36.8 Å². The Kier molecular flexibility index (Phi) is 3.45. The number of amides is 1. The Labute approximate surface area is 158 Å². The molecule has 27 heavy (non-hydrogen) atoms. The summed E-state index contributed by atoms with van der Waals surface area (Å²) in [5.74, 6) is 1.25. The zero-order valence-electron chi connectivity index (χ0n) is 14.9. The molecule has 8 heteroatoms. The number of aromatic nitrogens is 4. The highest BCUT2D eigenvalue weighted by Gasteiger charge is 2.30. The molecule has 7 nitrogen and oxygen atoms in total. The average molecular weight is 379 g/mol. The number of H-pyrrole nitrogens is 1. The Hall–Kier alpha value is -3.00. The number of hydrogen-bond donors (Lipinski definition) is 2. The molecular formula is C19H17N5O2S. The van der Waals surface area contributed by atoms with Crippen molar-refractivity contribution in [1.82, 2.24) is 19.9 Å². The summed E-state index contributed by atoms with van der Waals surface area (Å²) >= 11 is 1.63. The summed E-state index contributed by atoms with van der Waals surface area (Å²) in [4.78, 5) is 30.0. The highest BCUT2D eigenvalue weighted by molar-refractivity contribution is 7.15. The van der Waals surface area contributed by atoms with Crippen molar-refractivity contribution in [2.75, 3.05) is 7.11 Å². The number of carbonyl (C=O) groups excluding carboxylic acids is 1. The maximum atomic E-state index is 11.6. The summed E-state index contributed by atoms with van der Waals surface area (Å²) in [7, 11) is 1.56. The van der Waals surface area contributed by atoms with Crippen molar-refractivity contribution in [2.45, 2.75) is 25.7 Å². The lowest BCUT2D eigenvalue weighted by Gasteiger charge is -2.04. The lowest BCUT2D eigenvalue weighted by Crippen LogP contribution is -2.10. The maximum absolute atomic E-state index is 11.6. The SMILES string of the molecule is COc1cc(C(N)=O)cc2c1[nH]c1nc(-c3sc(C)nc3C3CC3)ncc12. The van der Waals surface area contributed by atoms with E-state index in [-0.39, 0.29) is 0 Å². The molecule has 0 aliphatic heterocycles. The third-order valence-corrected chi connectivity index (χ3v) is 5.84. The molecule has 0 bridgehead atoms. The molecule has 1 aliphatic rings. The van der Waals surface area contributed by atoms with E-state index < -0.39 is 5.91 Å². The van der Waals surface area contributed by atoms with Gasteiger partial charge in [0, 0.05) is 28.5 Å². The summed E-state index contributed by atoms with van der Waals surface area (Å²) in [5, 5.41) is 2.66. The fourth-order valence-corrected chi connectivity index (χ4v) is 4.34. The highest BCUT2D eigenvalue weighted by Crippen LogP contribution is 2.45. The van der Waals surface area contributed by atoms with E-state index in [1.165, 1.54) is 12.8 Å². The van der Waals surface area contributed by atoms with Gasteiger partial charge >= 0.3 is 0 Å². The molecule has 1 fully saturated rings. The van der Waals surface area contributed by atoms with Gasteiger partial charge in [-0.05, 0) is 31.9 Å². The van der Waals surface area contributed by atoms with Crippen LogP contribution in [0.15, 0.2) is 18.3 Å². The number of thiazole rings is 1. The molecule has 1 saturated carbocycles. The van der Waals surface area contributed by atoms with Crippen LogP contribution >= 0.6 is 11.3 Å². The molecule has 3 aromatic heterocycles. The number of nitrogens with two attached hydrogens (primary N) is 1. The first-order chi connectivity index (χ1) is 13.0. The van der Waals surface area contributed by atoms with Crippen LogP contribution in [0.4, 0.5) is 0 Å². The molecule has 0 saturated heterocycles. The Morgan fingerprint density at radius 2 is 2.11 bits per heavy atom. The number of primary amides is 1. The largest absolute Gasteiger partial charge is 0.495 e. The molecule has 5 rings (SSSR count). The van der Waals surface area contributed by atoms with Gasteiger partial charge in [-0.25, -0.2) is 15.0 Å². The van der Waals surface area contributed by atoms with Gasteiger partial charge in [-0.3, -0.25) is 4.79 Å². The summed E-state index contributed by atoms with van der Waals surface area (Å²) in [6.07, 6.45) is 4.14. The van der Waals surface area contributed by atoms with Gasteiger partial charge in [0.05, 0.1) is 28.2 Å². The van der Waals surface area contributed by atoms with Crippen molar-refractivity contribution in [2.24, 2.45) is 5.73 Å². The topological polar surface area (TPSA) is 107 Å². The van der Waals surface area contributed by atoms with Crippen molar-refractivity contribution < 1.29 is 9.53 Å². The van der Waals surface area contributed by atoms with Crippen LogP contribution < -0.4 is 10.5 Å². The first-order valence-electron chi connectivity index (χ1n) is 8.69. The minimum Gasteiger partial charge on any atom is -0.495 e. The summed E-state index contributed by atoms with van der Waals surface area (Å²) in [5.41, 5.74) is 8.42. The number of fused-ring (bicyclic) bond motifs is 3. The first-order valence-corrected chi connectivity index (χ1v) is 9.50. The molecule has 0 atom stereocenters. The van der Waals surface area contributed by atoms with E-state index in [9.17, 15) is 4.79 Å². The van der Waals surface area contributed by atoms with Gasteiger partial charge < -0.3 is 15.5 Å². The maximum Gasteiger partial charge on any atom is 0.248 e. The van der Waals surface area contributed by atoms with Crippen molar-refractivity contribution in [1.29, 1.82) is 0 Å². The first kappa shape index (κ1) is 16.2. The lowest BCUT2D eigenvalue weighted by molar-refractivity contribution is 0.1000. The van der Waals surface area contributed by atoms with E-state index in [0.29, 0.717) is 28.7 Å². The van der Waals surface area contributed by atoms with Gasteiger partial charge in [-0.2, -0.15) is 0 Å². The van der Waals surface area contributed by atoms with Crippen LogP contribution in [-0.4, -0.2) is 33.0 Å². The van der Waals surface area contributed by atoms with E-state index in [1.807, 2.05) is 6.92 Å². The molecule has 3 N–H and O–H groups in total. The number of benzene rings is 1. The number of aryl methyl sites for hydroxylation is 1. The van der Waals surface area contributed by atoms with Crippen molar-refractivity contribution in [3.8, 4) is 16.5 Å². The molecule has 3 heterocycles. The fraction of sp³-hybridized carbons (Fsp3) is 0.263. The molecule has 0 spiro atoms. The molecule has 1 amide bonds. The molecule has 4 aromatic rings. The van der Waals surface area contributed by atoms with E-state index in [2.05, 4.69) is 15.0 Å². The minimum atomic E-state index is -0.503. The van der Waals surface area contributed by atoms with Crippen LogP contribution in [0, 0.1) is 6.92 Å². The third-order valence-electron chi connectivity index (χ3n) is 4.86. The zero-order chi connectivity index (χ0) is 18.7. The van der Waals surface area contributed by atoms with Gasteiger partial charge in [-0.15, -0.1) is 11.3 Å². The van der Waals surface area contributed by atoms with Gasteiger partial charge in [0.25, 0.3) is 0 Å². The lowest BCUT2D eigenvalue weighted by atomic mass is 10.1. The number of ether oxygens (including phenoxy) is 1. The van der Waals surface area contributed by atoms with Crippen LogP contribution in [0.1, 0.15) is 39.8 Å². The summed E-state index contributed by atoms with van der Waals surface area (Å²) in [6, 6.07) is 3.38. The summed E-state index contributed by atoms with van der Waals surface area (Å²) in [6.45, 7) is 2.01. The fourth-order valence-electron chi connectivity index (χ4n) is 3.40. The molecular weight excluding hydrogens is 362 g/mol. The molecule has 0 radical (unpaired) electrons. The number of rotatable bonds is 4. The molecule has 1 aromatic carbocycles. The molecule has 1 aliphatic carbocycles. The van der Waals surface area contributed by atoms with Crippen molar-refractivity contribution in [3.05, 3.63) is 34.6 Å². The standard InChI is InChI=1S/C19H17N5O2S/c1-8-22-14(9-3-4-9)16(27-8)19-21-7-12-11-5-10(17(20)25)6-13(26-2)15(11)23-18(12)24-19/h5-7,9H,3-4H2,1-2H3,(H2,20,25)(H,21,23,24). The number of carbonyl (C=O) groups is 1. The van der Waals surface area contributed by atoms with Gasteiger partial charge in [0.15, 0.2) is 5.82 Å². The van der Waals surface area contributed by atoms with E-state index in [4.69, 9.17) is 15.5 Å². The highest BCUT2D eigenvalue weighted by atomic mass is 32.1. The molecule has 0 unspecified atom stereocenters. The van der Waals surface area contributed by atoms with Crippen LogP contribution in [0.25, 0.3) is 32.6 Å². The van der Waals surface area contributed by atoms with Gasteiger partial charge in [0.1, 0.15) is 11.4 Å². The Bertz CT molecular complexity index is 1220. The second-order valence-corrected chi connectivity index (χ2v) is 7.97. The van der Waals surface area contributed by atoms with Crippen LogP contribution in [-0.2, 0) is 0 Å². The van der Waals surface area contributed by atoms with Crippen molar-refractivity contribution >= 4 is 39.2 Å². The van der Waals surface area contributed by atoms with E-state index in [0.717, 1.165) is 31.9 Å². The number of methoxy groups -OCH3 is 1. The predicted molar refractivity (Wildman–Crippen MR) is 104 cm³/mol. The van der Waals surface area contributed by atoms with Gasteiger partial charge in [0.2, 0.25) is 5.91 Å². The van der Waals surface area contributed by atoms with Gasteiger partial charge in [-0.1, -0.05) is 0 Å².